The molecule has 5 atom stereocenters. The minimum Gasteiger partial charge on any atom is -0.393 e. The third-order valence-corrected chi connectivity index (χ3v) is 6.64. The highest BCUT2D eigenvalue weighted by Gasteiger charge is 2.48. The number of carbonyl (C=O) groups excluding carboxylic acids is 1. The van der Waals surface area contributed by atoms with Gasteiger partial charge in [0.25, 0.3) is 5.91 Å². The van der Waals surface area contributed by atoms with Gasteiger partial charge in [0.15, 0.2) is 5.17 Å². The zero-order chi connectivity index (χ0) is 13.8. The summed E-state index contributed by atoms with van der Waals surface area (Å²) >= 11 is 1.57. The number of hydrogen-bond acceptors (Lipinski definition) is 4. The van der Waals surface area contributed by atoms with Crippen molar-refractivity contribution in [2.24, 2.45) is 22.7 Å². The first-order valence-electron chi connectivity index (χ1n) is 7.17. The first-order valence-corrected chi connectivity index (χ1v) is 7.98. The SMILES string of the molecule is CC(C)[C@@]1(C)SC(N[C@H]2C[C@H]3C[C@@H]2C[C@@H]3O)=NC1=O. The van der Waals surface area contributed by atoms with E-state index in [1.807, 2.05) is 6.92 Å². The normalized spacial score (nSPS) is 45.1. The van der Waals surface area contributed by atoms with Crippen molar-refractivity contribution in [1.82, 2.24) is 5.32 Å². The van der Waals surface area contributed by atoms with Gasteiger partial charge < -0.3 is 10.4 Å². The van der Waals surface area contributed by atoms with Crippen LogP contribution in [0.3, 0.4) is 0 Å². The Bertz CT molecular complexity index is 435. The second-order valence-corrected chi connectivity index (χ2v) is 8.07. The minimum atomic E-state index is -0.417. The van der Waals surface area contributed by atoms with Gasteiger partial charge in [0.05, 0.1) is 6.10 Å². The van der Waals surface area contributed by atoms with E-state index in [2.05, 4.69) is 24.2 Å². The van der Waals surface area contributed by atoms with Crippen LogP contribution in [0.5, 0.6) is 0 Å². The average molecular weight is 282 g/mol. The fourth-order valence-corrected chi connectivity index (χ4v) is 4.59. The van der Waals surface area contributed by atoms with E-state index in [0.717, 1.165) is 24.4 Å². The van der Waals surface area contributed by atoms with Gasteiger partial charge in [-0.25, -0.2) is 0 Å². The maximum absolute atomic E-state index is 12.0. The predicted molar refractivity (Wildman–Crippen MR) is 77.0 cm³/mol. The van der Waals surface area contributed by atoms with Crippen molar-refractivity contribution in [1.29, 1.82) is 0 Å². The van der Waals surface area contributed by atoms with E-state index in [1.54, 1.807) is 11.8 Å². The molecule has 2 N–H and O–H groups in total. The Hall–Kier alpha value is -0.550. The van der Waals surface area contributed by atoms with Gasteiger partial charge in [-0.15, -0.1) is 0 Å². The van der Waals surface area contributed by atoms with Crippen LogP contribution in [0.15, 0.2) is 4.99 Å². The lowest BCUT2D eigenvalue weighted by atomic mass is 9.93. The summed E-state index contributed by atoms with van der Waals surface area (Å²) in [6, 6.07) is 0.391. The molecule has 0 unspecified atom stereocenters. The summed E-state index contributed by atoms with van der Waals surface area (Å²) in [6.45, 7) is 6.11. The zero-order valence-electron chi connectivity index (χ0n) is 11.7. The average Bonchev–Trinajstić information content (AvgIpc) is 2.94. The Kier molecular flexibility index (Phi) is 3.17. The molecule has 106 valence electrons. The summed E-state index contributed by atoms with van der Waals surface area (Å²) in [5.74, 6) is 1.25. The first-order chi connectivity index (χ1) is 8.90. The molecular weight excluding hydrogens is 260 g/mol. The molecule has 0 aromatic rings. The van der Waals surface area contributed by atoms with Gasteiger partial charge >= 0.3 is 0 Å². The number of thioether (sulfide) groups is 1. The lowest BCUT2D eigenvalue weighted by molar-refractivity contribution is -0.120. The van der Waals surface area contributed by atoms with E-state index in [4.69, 9.17) is 0 Å². The summed E-state index contributed by atoms with van der Waals surface area (Å²) in [5, 5.41) is 14.0. The van der Waals surface area contributed by atoms with Gasteiger partial charge in [-0.3, -0.25) is 4.79 Å². The lowest BCUT2D eigenvalue weighted by Gasteiger charge is -2.28. The van der Waals surface area contributed by atoms with E-state index in [9.17, 15) is 9.90 Å². The largest absolute Gasteiger partial charge is 0.393 e. The van der Waals surface area contributed by atoms with Gasteiger partial charge in [-0.2, -0.15) is 4.99 Å². The predicted octanol–water partition coefficient (Wildman–Crippen LogP) is 1.78. The smallest absolute Gasteiger partial charge is 0.264 e. The molecule has 3 rings (SSSR count). The summed E-state index contributed by atoms with van der Waals surface area (Å²) in [4.78, 5) is 16.2. The maximum atomic E-state index is 12.0. The van der Waals surface area contributed by atoms with Gasteiger partial charge in [0.2, 0.25) is 0 Å². The van der Waals surface area contributed by atoms with E-state index in [0.29, 0.717) is 17.9 Å². The standard InChI is InChI=1S/C14H22N2O2S/c1-7(2)14(3)12(18)16-13(19-14)15-10-5-9-4-8(10)6-11(9)17/h7-11,17H,4-6H2,1-3H3,(H,15,16,18)/t8-,9-,10+,11+,14-/m1/s1. The number of nitrogens with zero attached hydrogens (tertiary/aromatic N) is 1. The molecule has 1 amide bonds. The molecule has 2 aliphatic carbocycles. The Morgan fingerprint density at radius 2 is 2.11 bits per heavy atom. The number of aliphatic imine (C=N–C) groups is 1. The maximum Gasteiger partial charge on any atom is 0.264 e. The fraction of sp³-hybridized carbons (Fsp3) is 0.857. The van der Waals surface area contributed by atoms with Crippen LogP contribution < -0.4 is 5.32 Å². The van der Waals surface area contributed by atoms with Crippen LogP contribution >= 0.6 is 11.8 Å². The van der Waals surface area contributed by atoms with Gasteiger partial charge in [0, 0.05) is 6.04 Å². The first kappa shape index (κ1) is 13.4. The van der Waals surface area contributed by atoms with Crippen molar-refractivity contribution in [2.45, 2.75) is 56.9 Å². The molecule has 4 nitrogen and oxygen atoms in total. The van der Waals surface area contributed by atoms with Gasteiger partial charge in [-0.1, -0.05) is 25.6 Å². The number of aliphatic hydroxyl groups excluding tert-OH is 1. The van der Waals surface area contributed by atoms with Crippen molar-refractivity contribution in [3.63, 3.8) is 0 Å². The second-order valence-electron chi connectivity index (χ2n) is 6.63. The number of rotatable bonds is 2. The van der Waals surface area contributed by atoms with Crippen molar-refractivity contribution in [3.05, 3.63) is 0 Å². The molecule has 2 bridgehead atoms. The second kappa shape index (κ2) is 4.48. The lowest BCUT2D eigenvalue weighted by Crippen LogP contribution is -2.40. The molecule has 0 radical (unpaired) electrons. The molecule has 5 heteroatoms. The van der Waals surface area contributed by atoms with Crippen LogP contribution in [0.2, 0.25) is 0 Å². The summed E-state index contributed by atoms with van der Waals surface area (Å²) in [7, 11) is 0. The van der Waals surface area contributed by atoms with Crippen molar-refractivity contribution in [3.8, 4) is 0 Å². The van der Waals surface area contributed by atoms with Crippen molar-refractivity contribution in [2.75, 3.05) is 0 Å². The quantitative estimate of drug-likeness (QED) is 0.810. The van der Waals surface area contributed by atoms with Crippen LogP contribution in [0.1, 0.15) is 40.0 Å². The van der Waals surface area contributed by atoms with Crippen LogP contribution in [-0.2, 0) is 4.79 Å². The van der Waals surface area contributed by atoms with Crippen molar-refractivity contribution >= 4 is 22.8 Å². The topological polar surface area (TPSA) is 61.7 Å². The Labute approximate surface area is 118 Å². The van der Waals surface area contributed by atoms with E-state index in [1.165, 1.54) is 0 Å². The number of nitrogens with one attached hydrogen (secondary N) is 1. The highest BCUT2D eigenvalue weighted by Crippen LogP contribution is 2.46. The van der Waals surface area contributed by atoms with Crippen LogP contribution in [-0.4, -0.2) is 33.1 Å². The molecule has 0 spiro atoms. The number of amides is 1. The van der Waals surface area contributed by atoms with Gasteiger partial charge in [-0.05, 0) is 43.9 Å². The Morgan fingerprint density at radius 3 is 2.58 bits per heavy atom. The minimum absolute atomic E-state index is 0.0156. The zero-order valence-corrected chi connectivity index (χ0v) is 12.5. The monoisotopic (exact) mass is 282 g/mol. The molecule has 0 saturated heterocycles. The van der Waals surface area contributed by atoms with Crippen LogP contribution in [0, 0.1) is 17.8 Å². The third-order valence-electron chi connectivity index (χ3n) is 5.17. The summed E-state index contributed by atoms with van der Waals surface area (Å²) in [5.41, 5.74) is 0. The molecule has 2 fully saturated rings. The summed E-state index contributed by atoms with van der Waals surface area (Å²) < 4.78 is -0.417. The van der Waals surface area contributed by atoms with E-state index in [-0.39, 0.29) is 17.9 Å². The Balaban J connectivity index is 1.64. The van der Waals surface area contributed by atoms with Crippen LogP contribution in [0.4, 0.5) is 0 Å². The molecule has 2 saturated carbocycles. The number of hydrogen-bond donors (Lipinski definition) is 2. The fourth-order valence-electron chi connectivity index (χ4n) is 3.48. The molecule has 0 aromatic heterocycles. The van der Waals surface area contributed by atoms with Crippen LogP contribution in [0.25, 0.3) is 0 Å². The van der Waals surface area contributed by atoms with E-state index >= 15 is 0 Å². The highest BCUT2D eigenvalue weighted by molar-refractivity contribution is 8.16. The number of carbonyl (C=O) groups is 1. The molecule has 0 aromatic carbocycles. The Morgan fingerprint density at radius 1 is 1.37 bits per heavy atom. The number of amidine groups is 1. The summed E-state index contributed by atoms with van der Waals surface area (Å²) in [6.07, 6.45) is 2.92. The highest BCUT2D eigenvalue weighted by atomic mass is 32.2. The van der Waals surface area contributed by atoms with Crippen molar-refractivity contribution < 1.29 is 9.90 Å². The van der Waals surface area contributed by atoms with Gasteiger partial charge in [0.1, 0.15) is 4.75 Å². The number of fused-ring (bicyclic) bond motifs is 2. The molecular formula is C14H22N2O2S. The molecule has 3 aliphatic rings. The molecule has 1 heterocycles. The molecule has 1 aliphatic heterocycles. The van der Waals surface area contributed by atoms with E-state index < -0.39 is 4.75 Å². The third kappa shape index (κ3) is 2.11. The number of aliphatic hydroxyl groups is 1. The molecule has 19 heavy (non-hydrogen) atoms.